The Hall–Kier alpha value is -1.65. The van der Waals surface area contributed by atoms with E-state index in [-0.39, 0.29) is 11.6 Å². The second-order valence-corrected chi connectivity index (χ2v) is 6.62. The molecule has 0 aliphatic carbocycles. The molecule has 0 spiro atoms. The number of anilines is 2. The van der Waals surface area contributed by atoms with Gasteiger partial charge in [0.05, 0.1) is 11.3 Å². The van der Waals surface area contributed by atoms with E-state index >= 15 is 0 Å². The maximum atomic E-state index is 12.2. The van der Waals surface area contributed by atoms with Crippen molar-refractivity contribution >= 4 is 50.1 Å². The van der Waals surface area contributed by atoms with Gasteiger partial charge in [-0.05, 0) is 52.9 Å². The smallest absolute Gasteiger partial charge is 0.296 e. The molecule has 0 bridgehead atoms. The lowest BCUT2D eigenvalue weighted by molar-refractivity contribution is 0.102. The maximum absolute atomic E-state index is 12.2. The summed E-state index contributed by atoms with van der Waals surface area (Å²) < 4.78 is 24.9. The van der Waals surface area contributed by atoms with Crippen LogP contribution < -0.4 is 15.2 Å². The van der Waals surface area contributed by atoms with Gasteiger partial charge in [0, 0.05) is 9.26 Å². The number of halogens is 1. The summed E-state index contributed by atoms with van der Waals surface area (Å²) in [6.07, 6.45) is 0. The summed E-state index contributed by atoms with van der Waals surface area (Å²) >= 11 is 2.07. The standard InChI is InChI=1S/C13H12IN3O3S/c14-12-7-2-1-6-11(12)13(18)16-9-4-3-5-10(8-9)17-21(15,19)20/h1-8,17H,(H,16,18)(H2,15,19,20). The van der Waals surface area contributed by atoms with Crippen molar-refractivity contribution < 1.29 is 13.2 Å². The van der Waals surface area contributed by atoms with Gasteiger partial charge < -0.3 is 5.32 Å². The molecule has 8 heteroatoms. The molecule has 0 fully saturated rings. The first-order chi connectivity index (χ1) is 9.85. The van der Waals surface area contributed by atoms with Gasteiger partial charge >= 0.3 is 0 Å². The van der Waals surface area contributed by atoms with Crippen molar-refractivity contribution in [3.63, 3.8) is 0 Å². The van der Waals surface area contributed by atoms with E-state index in [1.54, 1.807) is 24.3 Å². The summed E-state index contributed by atoms with van der Waals surface area (Å²) in [6.45, 7) is 0. The highest BCUT2D eigenvalue weighted by Crippen LogP contribution is 2.18. The molecular formula is C13H12IN3O3S. The van der Waals surface area contributed by atoms with Crippen LogP contribution >= 0.6 is 22.6 Å². The summed E-state index contributed by atoms with van der Waals surface area (Å²) in [6, 6.07) is 13.4. The Morgan fingerprint density at radius 1 is 1.05 bits per heavy atom. The fraction of sp³-hybridized carbons (Fsp3) is 0. The molecule has 110 valence electrons. The van der Waals surface area contributed by atoms with Crippen molar-refractivity contribution in [2.24, 2.45) is 5.14 Å². The lowest BCUT2D eigenvalue weighted by atomic mass is 10.2. The highest BCUT2D eigenvalue weighted by atomic mass is 127. The third-order valence-corrected chi connectivity index (χ3v) is 3.96. The third-order valence-electron chi connectivity index (χ3n) is 2.50. The van der Waals surface area contributed by atoms with Crippen LogP contribution in [0.3, 0.4) is 0 Å². The maximum Gasteiger partial charge on any atom is 0.296 e. The summed E-state index contributed by atoms with van der Waals surface area (Å²) in [5.41, 5.74) is 1.29. The molecule has 4 N–H and O–H groups in total. The van der Waals surface area contributed by atoms with Gasteiger partial charge in [-0.2, -0.15) is 8.42 Å². The van der Waals surface area contributed by atoms with Crippen LogP contribution in [0.1, 0.15) is 10.4 Å². The van der Waals surface area contributed by atoms with Crippen molar-refractivity contribution in [1.29, 1.82) is 0 Å². The molecule has 2 aromatic carbocycles. The number of nitrogens with one attached hydrogen (secondary N) is 2. The Morgan fingerprint density at radius 2 is 1.71 bits per heavy atom. The van der Waals surface area contributed by atoms with Gasteiger partial charge in [0.2, 0.25) is 0 Å². The average Bonchev–Trinajstić information content (AvgIpc) is 2.37. The van der Waals surface area contributed by atoms with E-state index in [0.717, 1.165) is 3.57 Å². The zero-order chi connectivity index (χ0) is 15.5. The number of benzene rings is 2. The average molecular weight is 417 g/mol. The Balaban J connectivity index is 2.19. The Morgan fingerprint density at radius 3 is 2.38 bits per heavy atom. The number of carbonyl (C=O) groups excluding carboxylic acids is 1. The van der Waals surface area contributed by atoms with E-state index in [2.05, 4.69) is 32.6 Å². The first-order valence-corrected chi connectivity index (χ1v) is 8.44. The number of hydrogen-bond acceptors (Lipinski definition) is 3. The Bertz CT molecular complexity index is 778. The van der Waals surface area contributed by atoms with Crippen LogP contribution in [-0.4, -0.2) is 14.3 Å². The molecule has 6 nitrogen and oxygen atoms in total. The largest absolute Gasteiger partial charge is 0.322 e. The molecule has 0 aromatic heterocycles. The molecule has 1 amide bonds. The molecule has 0 aliphatic rings. The molecule has 2 rings (SSSR count). The molecule has 0 saturated heterocycles. The minimum Gasteiger partial charge on any atom is -0.322 e. The summed E-state index contributed by atoms with van der Waals surface area (Å²) in [7, 11) is -3.85. The van der Waals surface area contributed by atoms with Gasteiger partial charge in [-0.1, -0.05) is 18.2 Å². The first-order valence-electron chi connectivity index (χ1n) is 5.81. The topological polar surface area (TPSA) is 101 Å². The fourth-order valence-corrected chi connectivity index (χ4v) is 2.76. The van der Waals surface area contributed by atoms with Crippen LogP contribution in [0.4, 0.5) is 11.4 Å². The monoisotopic (exact) mass is 417 g/mol. The number of carbonyl (C=O) groups is 1. The van der Waals surface area contributed by atoms with Gasteiger partial charge in [-0.3, -0.25) is 9.52 Å². The van der Waals surface area contributed by atoms with E-state index in [9.17, 15) is 13.2 Å². The molecule has 0 aliphatic heterocycles. The van der Waals surface area contributed by atoms with Gasteiger partial charge in [0.25, 0.3) is 16.1 Å². The Kier molecular flexibility index (Phi) is 4.80. The molecule has 0 atom stereocenters. The van der Waals surface area contributed by atoms with Crippen LogP contribution in [0, 0.1) is 3.57 Å². The molecule has 0 radical (unpaired) electrons. The lowest BCUT2D eigenvalue weighted by Gasteiger charge is -2.09. The fourth-order valence-electron chi connectivity index (χ4n) is 1.67. The van der Waals surface area contributed by atoms with Crippen molar-refractivity contribution in [3.05, 3.63) is 57.7 Å². The third kappa shape index (κ3) is 4.69. The lowest BCUT2D eigenvalue weighted by Crippen LogP contribution is -2.21. The number of amides is 1. The minimum absolute atomic E-state index is 0.271. The van der Waals surface area contributed by atoms with Crippen LogP contribution in [0.2, 0.25) is 0 Å². The van der Waals surface area contributed by atoms with Crippen molar-refractivity contribution in [2.75, 3.05) is 10.0 Å². The molecule has 2 aromatic rings. The summed E-state index contributed by atoms with van der Waals surface area (Å²) in [5, 5.41) is 7.61. The predicted octanol–water partition coefficient (Wildman–Crippen LogP) is 2.16. The van der Waals surface area contributed by atoms with Crippen LogP contribution in [-0.2, 0) is 10.2 Å². The van der Waals surface area contributed by atoms with Gasteiger partial charge in [-0.15, -0.1) is 0 Å². The molecule has 0 unspecified atom stereocenters. The zero-order valence-corrected chi connectivity index (χ0v) is 13.7. The predicted molar refractivity (Wildman–Crippen MR) is 90.3 cm³/mol. The second-order valence-electron chi connectivity index (χ2n) is 4.16. The molecule has 0 heterocycles. The van der Waals surface area contributed by atoms with Crippen LogP contribution in [0.5, 0.6) is 0 Å². The normalized spacial score (nSPS) is 11.0. The quantitative estimate of drug-likeness (QED) is 0.665. The highest BCUT2D eigenvalue weighted by Gasteiger charge is 2.10. The Labute approximate surface area is 136 Å². The van der Waals surface area contributed by atoms with E-state index in [0.29, 0.717) is 11.3 Å². The first kappa shape index (κ1) is 15.7. The second kappa shape index (κ2) is 6.41. The highest BCUT2D eigenvalue weighted by molar-refractivity contribution is 14.1. The van der Waals surface area contributed by atoms with Crippen LogP contribution in [0.25, 0.3) is 0 Å². The van der Waals surface area contributed by atoms with E-state index < -0.39 is 10.2 Å². The summed E-state index contributed by atoms with van der Waals surface area (Å²) in [5.74, 6) is -0.271. The van der Waals surface area contributed by atoms with E-state index in [1.165, 1.54) is 12.1 Å². The SMILES string of the molecule is NS(=O)(=O)Nc1cccc(NC(=O)c2ccccc2I)c1. The van der Waals surface area contributed by atoms with Gasteiger partial charge in [0.1, 0.15) is 0 Å². The minimum atomic E-state index is -3.85. The van der Waals surface area contributed by atoms with Crippen molar-refractivity contribution in [3.8, 4) is 0 Å². The molecular weight excluding hydrogens is 405 g/mol. The molecule has 0 saturated carbocycles. The van der Waals surface area contributed by atoms with Crippen molar-refractivity contribution in [2.45, 2.75) is 0 Å². The zero-order valence-electron chi connectivity index (χ0n) is 10.7. The number of rotatable bonds is 4. The number of nitrogens with two attached hydrogens (primary N) is 1. The molecule has 21 heavy (non-hydrogen) atoms. The van der Waals surface area contributed by atoms with Gasteiger partial charge in [-0.25, -0.2) is 5.14 Å². The van der Waals surface area contributed by atoms with Gasteiger partial charge in [0.15, 0.2) is 0 Å². The van der Waals surface area contributed by atoms with E-state index in [4.69, 9.17) is 5.14 Å². The number of hydrogen-bond donors (Lipinski definition) is 3. The van der Waals surface area contributed by atoms with E-state index in [1.807, 2.05) is 12.1 Å². The van der Waals surface area contributed by atoms with Crippen LogP contribution in [0.15, 0.2) is 48.5 Å². The summed E-state index contributed by atoms with van der Waals surface area (Å²) in [4.78, 5) is 12.2. The van der Waals surface area contributed by atoms with Crippen molar-refractivity contribution in [1.82, 2.24) is 0 Å².